The molecular weight excluding hydrogens is 284 g/mol. The third-order valence-corrected chi connectivity index (χ3v) is 3.46. The predicted molar refractivity (Wildman–Crippen MR) is 80.3 cm³/mol. The first-order valence-corrected chi connectivity index (χ1v) is 6.79. The van der Waals surface area contributed by atoms with Gasteiger partial charge < -0.3 is 9.84 Å². The lowest BCUT2D eigenvalue weighted by molar-refractivity contribution is -0.150. The van der Waals surface area contributed by atoms with Gasteiger partial charge in [-0.2, -0.15) is 5.10 Å². The molecule has 0 aliphatic heterocycles. The van der Waals surface area contributed by atoms with Crippen LogP contribution in [0.25, 0.3) is 11.1 Å². The lowest BCUT2D eigenvalue weighted by atomic mass is 10.0. The Morgan fingerprint density at radius 1 is 1.32 bits per heavy atom. The van der Waals surface area contributed by atoms with Crippen molar-refractivity contribution in [1.82, 2.24) is 9.78 Å². The molecule has 0 bridgehead atoms. The number of carbonyl (C=O) groups is 2. The second-order valence-corrected chi connectivity index (χ2v) is 5.50. The minimum Gasteiger partial charge on any atom is -0.481 e. The number of aromatic nitrogens is 2. The number of methoxy groups -OCH3 is 1. The van der Waals surface area contributed by atoms with E-state index >= 15 is 0 Å². The Morgan fingerprint density at radius 2 is 2.05 bits per heavy atom. The molecule has 0 aliphatic rings. The number of carbonyl (C=O) groups excluding carboxylic acids is 1. The molecule has 6 heteroatoms. The fourth-order valence-electron chi connectivity index (χ4n) is 2.16. The van der Waals surface area contributed by atoms with E-state index in [-0.39, 0.29) is 12.4 Å². The first-order valence-electron chi connectivity index (χ1n) is 6.79. The Bertz CT molecular complexity index is 704. The van der Waals surface area contributed by atoms with Crippen molar-refractivity contribution in [3.8, 4) is 11.1 Å². The van der Waals surface area contributed by atoms with Gasteiger partial charge >= 0.3 is 11.9 Å². The van der Waals surface area contributed by atoms with Crippen molar-refractivity contribution in [2.75, 3.05) is 7.11 Å². The van der Waals surface area contributed by atoms with Crippen LogP contribution in [0.2, 0.25) is 0 Å². The van der Waals surface area contributed by atoms with Crippen molar-refractivity contribution in [3.63, 3.8) is 0 Å². The van der Waals surface area contributed by atoms with Crippen LogP contribution in [0, 0.1) is 0 Å². The van der Waals surface area contributed by atoms with Crippen LogP contribution in [0.5, 0.6) is 0 Å². The Balaban J connectivity index is 2.32. The highest BCUT2D eigenvalue weighted by atomic mass is 16.5. The van der Waals surface area contributed by atoms with Crippen LogP contribution in [0.4, 0.5) is 0 Å². The molecule has 0 radical (unpaired) electrons. The number of aliphatic carboxylic acids is 1. The summed E-state index contributed by atoms with van der Waals surface area (Å²) in [5, 5.41) is 13.1. The average Bonchev–Trinajstić information content (AvgIpc) is 2.96. The molecule has 1 heterocycles. The van der Waals surface area contributed by atoms with E-state index in [0.29, 0.717) is 5.56 Å². The van der Waals surface area contributed by atoms with E-state index in [1.54, 1.807) is 44.4 Å². The summed E-state index contributed by atoms with van der Waals surface area (Å²) >= 11 is 0. The molecular formula is C16H18N2O4. The van der Waals surface area contributed by atoms with Crippen LogP contribution >= 0.6 is 0 Å². The van der Waals surface area contributed by atoms with Gasteiger partial charge in [-0.1, -0.05) is 24.3 Å². The number of benzene rings is 1. The van der Waals surface area contributed by atoms with Gasteiger partial charge in [0.2, 0.25) is 0 Å². The topological polar surface area (TPSA) is 81.4 Å². The van der Waals surface area contributed by atoms with Crippen LogP contribution in [0.15, 0.2) is 36.7 Å². The van der Waals surface area contributed by atoms with Crippen LogP contribution in [-0.2, 0) is 26.3 Å². The summed E-state index contributed by atoms with van der Waals surface area (Å²) < 4.78 is 6.32. The molecule has 2 rings (SSSR count). The van der Waals surface area contributed by atoms with E-state index < -0.39 is 11.5 Å². The minimum absolute atomic E-state index is 0.0321. The maximum absolute atomic E-state index is 11.8. The highest BCUT2D eigenvalue weighted by molar-refractivity contribution is 5.78. The fourth-order valence-corrected chi connectivity index (χ4v) is 2.16. The largest absolute Gasteiger partial charge is 0.481 e. The Labute approximate surface area is 128 Å². The van der Waals surface area contributed by atoms with Crippen molar-refractivity contribution < 1.29 is 19.4 Å². The third kappa shape index (κ3) is 3.16. The maximum atomic E-state index is 11.8. The Kier molecular flexibility index (Phi) is 4.30. The van der Waals surface area contributed by atoms with Crippen molar-refractivity contribution in [3.05, 3.63) is 42.2 Å². The molecule has 0 saturated heterocycles. The molecule has 2 aromatic rings. The quantitative estimate of drug-likeness (QED) is 0.855. The molecule has 1 aromatic carbocycles. The molecule has 0 spiro atoms. The highest BCUT2D eigenvalue weighted by Crippen LogP contribution is 2.24. The summed E-state index contributed by atoms with van der Waals surface area (Å²) in [6.07, 6.45) is 3.36. The number of carboxylic acid groups (broad SMARTS) is 1. The number of nitrogens with zero attached hydrogens (tertiary/aromatic N) is 2. The predicted octanol–water partition coefficient (Wildman–Crippen LogP) is 2.09. The fraction of sp³-hybridized carbons (Fsp3) is 0.312. The molecule has 0 amide bonds. The van der Waals surface area contributed by atoms with E-state index in [2.05, 4.69) is 5.10 Å². The lowest BCUT2D eigenvalue weighted by Gasteiger charge is -2.21. The molecule has 22 heavy (non-hydrogen) atoms. The van der Waals surface area contributed by atoms with Crippen LogP contribution in [-0.4, -0.2) is 33.9 Å². The van der Waals surface area contributed by atoms with Crippen molar-refractivity contribution >= 4 is 11.9 Å². The van der Waals surface area contributed by atoms with Gasteiger partial charge in [-0.3, -0.25) is 9.48 Å². The summed E-state index contributed by atoms with van der Waals surface area (Å²) in [5.74, 6) is -1.26. The summed E-state index contributed by atoms with van der Waals surface area (Å²) in [6.45, 7) is 3.44. The molecule has 0 atom stereocenters. The van der Waals surface area contributed by atoms with Gasteiger partial charge in [-0.15, -0.1) is 0 Å². The van der Waals surface area contributed by atoms with E-state index in [1.807, 2.05) is 6.07 Å². The monoisotopic (exact) mass is 302 g/mol. The number of hydrogen-bond acceptors (Lipinski definition) is 4. The number of esters is 1. The van der Waals surface area contributed by atoms with Gasteiger partial charge in [0.25, 0.3) is 0 Å². The SMILES string of the molecule is COC(=O)C(C)(C)n1cc(-c2cccc(CC(=O)O)c2)cn1. The van der Waals surface area contributed by atoms with Crippen molar-refractivity contribution in [2.45, 2.75) is 25.8 Å². The first-order chi connectivity index (χ1) is 10.3. The molecule has 116 valence electrons. The average molecular weight is 302 g/mol. The summed E-state index contributed by atoms with van der Waals surface area (Å²) in [7, 11) is 1.34. The number of rotatable bonds is 5. The zero-order chi connectivity index (χ0) is 16.3. The van der Waals surface area contributed by atoms with Gasteiger partial charge in [0.05, 0.1) is 19.7 Å². The standard InChI is InChI=1S/C16H18N2O4/c1-16(2,15(21)22-3)18-10-13(9-17-18)12-6-4-5-11(7-12)8-14(19)20/h4-7,9-10H,8H2,1-3H3,(H,19,20). The second-order valence-electron chi connectivity index (χ2n) is 5.50. The summed E-state index contributed by atoms with van der Waals surface area (Å²) in [6, 6.07) is 7.25. The molecule has 1 N–H and O–H groups in total. The highest BCUT2D eigenvalue weighted by Gasteiger charge is 2.31. The Hall–Kier alpha value is -2.63. The number of ether oxygens (including phenoxy) is 1. The first kappa shape index (κ1) is 15.8. The van der Waals surface area contributed by atoms with Gasteiger partial charge in [0, 0.05) is 11.8 Å². The van der Waals surface area contributed by atoms with E-state index in [4.69, 9.17) is 9.84 Å². The van der Waals surface area contributed by atoms with Gasteiger partial charge in [-0.05, 0) is 25.0 Å². The van der Waals surface area contributed by atoms with Crippen molar-refractivity contribution in [1.29, 1.82) is 0 Å². The van der Waals surface area contributed by atoms with Crippen molar-refractivity contribution in [2.24, 2.45) is 0 Å². The molecule has 0 saturated carbocycles. The van der Waals surface area contributed by atoms with Crippen LogP contribution in [0.1, 0.15) is 19.4 Å². The van der Waals surface area contributed by atoms with Crippen LogP contribution < -0.4 is 0 Å². The van der Waals surface area contributed by atoms with Gasteiger partial charge in [-0.25, -0.2) is 4.79 Å². The second kappa shape index (κ2) is 6.01. The normalized spacial score (nSPS) is 11.2. The smallest absolute Gasteiger partial charge is 0.333 e. The van der Waals surface area contributed by atoms with Gasteiger partial charge in [0.15, 0.2) is 5.54 Å². The molecule has 0 aliphatic carbocycles. The summed E-state index contributed by atoms with van der Waals surface area (Å²) in [5.41, 5.74) is 1.46. The molecule has 1 aromatic heterocycles. The maximum Gasteiger partial charge on any atom is 0.333 e. The lowest BCUT2D eigenvalue weighted by Crippen LogP contribution is -2.37. The van der Waals surface area contributed by atoms with Gasteiger partial charge in [0.1, 0.15) is 0 Å². The minimum atomic E-state index is -0.911. The number of hydrogen-bond donors (Lipinski definition) is 1. The zero-order valence-electron chi connectivity index (χ0n) is 12.7. The van der Waals surface area contributed by atoms with E-state index in [9.17, 15) is 9.59 Å². The third-order valence-electron chi connectivity index (χ3n) is 3.46. The zero-order valence-corrected chi connectivity index (χ0v) is 12.7. The summed E-state index contributed by atoms with van der Waals surface area (Å²) in [4.78, 5) is 22.6. The van der Waals surface area contributed by atoms with E-state index in [1.165, 1.54) is 11.8 Å². The molecule has 0 fully saturated rings. The Morgan fingerprint density at radius 3 is 2.68 bits per heavy atom. The molecule has 0 unspecified atom stereocenters. The van der Waals surface area contributed by atoms with Crippen LogP contribution in [0.3, 0.4) is 0 Å². The molecule has 6 nitrogen and oxygen atoms in total. The van der Waals surface area contributed by atoms with E-state index in [0.717, 1.165) is 11.1 Å². The number of carboxylic acids is 1.